The van der Waals surface area contributed by atoms with Gasteiger partial charge in [-0.25, -0.2) is 4.79 Å². The van der Waals surface area contributed by atoms with Crippen LogP contribution in [-0.4, -0.2) is 22.8 Å². The highest BCUT2D eigenvalue weighted by atomic mass is 16.6. The van der Waals surface area contributed by atoms with Gasteiger partial charge in [-0.05, 0) is 6.92 Å². The summed E-state index contributed by atoms with van der Waals surface area (Å²) in [5.41, 5.74) is -1.26. The summed E-state index contributed by atoms with van der Waals surface area (Å²) in [6, 6.07) is 0. The zero-order valence-corrected chi connectivity index (χ0v) is 7.34. The molecule has 1 fully saturated rings. The third-order valence-corrected chi connectivity index (χ3v) is 2.31. The fraction of sp³-hybridized carbons (Fsp3) is 0.875. The van der Waals surface area contributed by atoms with Crippen molar-refractivity contribution in [1.82, 2.24) is 0 Å². The Bertz CT molecular complexity index is 192. The van der Waals surface area contributed by atoms with E-state index in [-0.39, 0.29) is 11.5 Å². The maximum absolute atomic E-state index is 10.8. The molecule has 11 heavy (non-hydrogen) atoms. The number of hydrogen-bond donors (Lipinski definition) is 1. The van der Waals surface area contributed by atoms with Gasteiger partial charge >= 0.3 is 5.97 Å². The van der Waals surface area contributed by atoms with Crippen LogP contribution in [0.3, 0.4) is 0 Å². The van der Waals surface area contributed by atoms with Crippen molar-refractivity contribution in [3.05, 3.63) is 0 Å². The molecule has 0 aromatic heterocycles. The van der Waals surface area contributed by atoms with Gasteiger partial charge in [-0.2, -0.15) is 0 Å². The van der Waals surface area contributed by atoms with E-state index in [9.17, 15) is 4.79 Å². The van der Waals surface area contributed by atoms with Crippen LogP contribution in [0.25, 0.3) is 0 Å². The van der Waals surface area contributed by atoms with Crippen LogP contribution in [0.4, 0.5) is 0 Å². The lowest BCUT2D eigenvalue weighted by Gasteiger charge is -2.23. The number of carboxylic acid groups (broad SMARTS) is 1. The first-order chi connectivity index (χ1) is 4.82. The second-order valence-corrected chi connectivity index (χ2v) is 4.05. The molecule has 1 saturated heterocycles. The largest absolute Gasteiger partial charge is 0.479 e. The van der Waals surface area contributed by atoms with Gasteiger partial charge in [-0.1, -0.05) is 20.8 Å². The van der Waals surface area contributed by atoms with Crippen LogP contribution in [0.5, 0.6) is 0 Å². The molecule has 0 radical (unpaired) electrons. The quantitative estimate of drug-likeness (QED) is 0.585. The van der Waals surface area contributed by atoms with Crippen LogP contribution in [0.15, 0.2) is 0 Å². The van der Waals surface area contributed by atoms with E-state index < -0.39 is 11.6 Å². The van der Waals surface area contributed by atoms with Crippen LogP contribution in [0.2, 0.25) is 0 Å². The van der Waals surface area contributed by atoms with Crippen molar-refractivity contribution in [2.75, 3.05) is 0 Å². The van der Waals surface area contributed by atoms with Gasteiger partial charge in [0, 0.05) is 5.41 Å². The molecule has 1 aliphatic rings. The van der Waals surface area contributed by atoms with Crippen LogP contribution in [0, 0.1) is 5.41 Å². The van der Waals surface area contributed by atoms with E-state index in [1.54, 1.807) is 6.92 Å². The number of carboxylic acids is 1. The number of aliphatic carboxylic acids is 1. The maximum atomic E-state index is 10.8. The average molecular weight is 158 g/mol. The maximum Gasteiger partial charge on any atom is 0.339 e. The molecule has 1 heterocycles. The van der Waals surface area contributed by atoms with Crippen molar-refractivity contribution < 1.29 is 14.6 Å². The van der Waals surface area contributed by atoms with Gasteiger partial charge in [0.05, 0.1) is 6.10 Å². The monoisotopic (exact) mass is 158 g/mol. The third-order valence-electron chi connectivity index (χ3n) is 2.31. The molecule has 0 aliphatic carbocycles. The number of hydrogen-bond acceptors (Lipinski definition) is 2. The van der Waals surface area contributed by atoms with Crippen LogP contribution >= 0.6 is 0 Å². The Morgan fingerprint density at radius 2 is 1.91 bits per heavy atom. The van der Waals surface area contributed by atoms with Gasteiger partial charge in [0.1, 0.15) is 0 Å². The lowest BCUT2D eigenvalue weighted by molar-refractivity contribution is -0.147. The first kappa shape index (κ1) is 8.53. The van der Waals surface area contributed by atoms with Crippen LogP contribution in [0.1, 0.15) is 27.7 Å². The predicted molar refractivity (Wildman–Crippen MR) is 40.4 cm³/mol. The lowest BCUT2D eigenvalue weighted by Crippen LogP contribution is -2.40. The minimum atomic E-state index is -0.938. The SMILES string of the molecule is CC1OC1(C(=O)O)C(C)(C)C. The smallest absolute Gasteiger partial charge is 0.339 e. The number of epoxide rings is 1. The first-order valence-electron chi connectivity index (χ1n) is 3.73. The number of rotatable bonds is 1. The zero-order valence-electron chi connectivity index (χ0n) is 7.34. The summed E-state index contributed by atoms with van der Waals surface area (Å²) < 4.78 is 5.13. The van der Waals surface area contributed by atoms with Crippen LogP contribution < -0.4 is 0 Å². The highest BCUT2D eigenvalue weighted by Crippen LogP contribution is 2.50. The first-order valence-corrected chi connectivity index (χ1v) is 3.73. The van der Waals surface area contributed by atoms with E-state index in [1.165, 1.54) is 0 Å². The molecular weight excluding hydrogens is 144 g/mol. The number of ether oxygens (including phenoxy) is 1. The van der Waals surface area contributed by atoms with E-state index in [2.05, 4.69) is 0 Å². The average Bonchev–Trinajstić information content (AvgIpc) is 2.39. The van der Waals surface area contributed by atoms with Gasteiger partial charge in [0.25, 0.3) is 0 Å². The van der Waals surface area contributed by atoms with E-state index in [4.69, 9.17) is 9.84 Å². The second kappa shape index (κ2) is 1.97. The molecule has 3 nitrogen and oxygen atoms in total. The molecular formula is C8H14O3. The molecule has 0 spiro atoms. The van der Waals surface area contributed by atoms with Crippen molar-refractivity contribution in [3.8, 4) is 0 Å². The minimum absolute atomic E-state index is 0.153. The van der Waals surface area contributed by atoms with Crippen molar-refractivity contribution in [3.63, 3.8) is 0 Å². The van der Waals surface area contributed by atoms with Crippen molar-refractivity contribution in [1.29, 1.82) is 0 Å². The van der Waals surface area contributed by atoms with Crippen molar-refractivity contribution in [2.45, 2.75) is 39.4 Å². The fourth-order valence-electron chi connectivity index (χ4n) is 1.58. The summed E-state index contributed by atoms with van der Waals surface area (Å²) in [5, 5.41) is 8.88. The zero-order chi connectivity index (χ0) is 8.86. The fourth-order valence-corrected chi connectivity index (χ4v) is 1.58. The van der Waals surface area contributed by atoms with Gasteiger partial charge in [0.2, 0.25) is 0 Å². The molecule has 0 saturated carbocycles. The summed E-state index contributed by atoms with van der Waals surface area (Å²) in [7, 11) is 0. The summed E-state index contributed by atoms with van der Waals surface area (Å²) in [6.07, 6.45) is -0.153. The molecule has 2 atom stereocenters. The van der Waals surface area contributed by atoms with Crippen molar-refractivity contribution >= 4 is 5.97 Å². The van der Waals surface area contributed by atoms with E-state index in [0.717, 1.165) is 0 Å². The highest BCUT2D eigenvalue weighted by molar-refractivity contribution is 5.82. The summed E-state index contributed by atoms with van der Waals surface area (Å²) in [4.78, 5) is 10.8. The molecule has 0 amide bonds. The van der Waals surface area contributed by atoms with Gasteiger partial charge < -0.3 is 9.84 Å². The topological polar surface area (TPSA) is 49.8 Å². The Balaban J connectivity index is 2.89. The normalized spacial score (nSPS) is 36.9. The third kappa shape index (κ3) is 0.948. The molecule has 64 valence electrons. The molecule has 1 aliphatic heterocycles. The predicted octanol–water partition coefficient (Wildman–Crippen LogP) is 1.27. The minimum Gasteiger partial charge on any atom is -0.479 e. The molecule has 1 N–H and O–H groups in total. The highest BCUT2D eigenvalue weighted by Gasteiger charge is 2.67. The molecule has 3 heteroatoms. The Morgan fingerprint density at radius 3 is 1.91 bits per heavy atom. The molecule has 2 unspecified atom stereocenters. The Labute approximate surface area is 66.4 Å². The van der Waals surface area contributed by atoms with Gasteiger partial charge in [0.15, 0.2) is 5.60 Å². The summed E-state index contributed by atoms with van der Waals surface area (Å²) >= 11 is 0. The number of carbonyl (C=O) groups is 1. The Morgan fingerprint density at radius 1 is 1.55 bits per heavy atom. The van der Waals surface area contributed by atoms with E-state index >= 15 is 0 Å². The Hall–Kier alpha value is -0.570. The lowest BCUT2D eigenvalue weighted by atomic mass is 9.78. The van der Waals surface area contributed by atoms with E-state index in [1.807, 2.05) is 20.8 Å². The van der Waals surface area contributed by atoms with E-state index in [0.29, 0.717) is 0 Å². The van der Waals surface area contributed by atoms with Gasteiger partial charge in [-0.15, -0.1) is 0 Å². The molecule has 0 aromatic rings. The van der Waals surface area contributed by atoms with Crippen LogP contribution in [-0.2, 0) is 9.53 Å². The standard InChI is InChI=1S/C8H14O3/c1-5-8(11-5,6(9)10)7(2,3)4/h5H,1-4H3,(H,9,10). The van der Waals surface area contributed by atoms with Crippen molar-refractivity contribution in [2.24, 2.45) is 5.41 Å². The van der Waals surface area contributed by atoms with Gasteiger partial charge in [-0.3, -0.25) is 0 Å². The molecule has 1 rings (SSSR count). The molecule has 0 bridgehead atoms. The molecule has 0 aromatic carbocycles. The Kier molecular flexibility index (Phi) is 1.53. The summed E-state index contributed by atoms with van der Waals surface area (Å²) in [5.74, 6) is -0.850. The second-order valence-electron chi connectivity index (χ2n) is 4.05. The summed E-state index contributed by atoms with van der Waals surface area (Å²) in [6.45, 7) is 7.43.